The van der Waals surface area contributed by atoms with Crippen LogP contribution < -0.4 is 0 Å². The van der Waals surface area contributed by atoms with Crippen LogP contribution >= 0.6 is 7.82 Å². The fourth-order valence-corrected chi connectivity index (χ4v) is 6.24. The lowest BCUT2D eigenvalue weighted by molar-refractivity contribution is 0.159. The molecule has 1 aromatic carbocycles. The molecule has 236 valence electrons. The number of hydrogen-bond acceptors (Lipinski definition) is 7. The molecule has 1 aromatic rings. The Morgan fingerprint density at radius 2 is 1.49 bits per heavy atom. The highest BCUT2D eigenvalue weighted by Crippen LogP contribution is 2.52. The van der Waals surface area contributed by atoms with Gasteiger partial charge in [-0.05, 0) is 77.0 Å². The van der Waals surface area contributed by atoms with Gasteiger partial charge in [-0.3, -0.25) is 14.1 Å². The van der Waals surface area contributed by atoms with Crippen molar-refractivity contribution in [3.63, 3.8) is 0 Å². The van der Waals surface area contributed by atoms with Crippen LogP contribution in [-0.4, -0.2) is 46.2 Å². The minimum atomic E-state index is -3.74. The molecule has 0 aromatic heterocycles. The topological polar surface area (TPSA) is 82.0 Å². The Balaban J connectivity index is 2.92. The molecule has 8 nitrogen and oxygen atoms in total. The molecule has 0 heterocycles. The molecule has 0 bridgehead atoms. The Bertz CT molecular complexity index is 929. The van der Waals surface area contributed by atoms with E-state index < -0.39 is 16.1 Å². The summed E-state index contributed by atoms with van der Waals surface area (Å²) < 4.78 is 35.4. The van der Waals surface area contributed by atoms with E-state index >= 15 is 0 Å². The highest BCUT2D eigenvalue weighted by atomic mass is 31.2. The van der Waals surface area contributed by atoms with E-state index in [1.165, 1.54) is 51.4 Å². The summed E-state index contributed by atoms with van der Waals surface area (Å²) in [5.41, 5.74) is 2.58. The van der Waals surface area contributed by atoms with Gasteiger partial charge in [0.1, 0.15) is 5.76 Å². The molecule has 0 saturated heterocycles. The summed E-state index contributed by atoms with van der Waals surface area (Å²) in [7, 11) is -5.30. The van der Waals surface area contributed by atoms with Gasteiger partial charge in [0, 0.05) is 12.1 Å². The van der Waals surface area contributed by atoms with Crippen molar-refractivity contribution < 1.29 is 22.6 Å². The number of aryl methyl sites for hydroxylation is 1. The smallest absolute Gasteiger partial charge is 0.416 e. The Hall–Kier alpha value is -1.51. The van der Waals surface area contributed by atoms with Gasteiger partial charge in [-0.1, -0.05) is 76.5 Å². The zero-order valence-electron chi connectivity index (χ0n) is 27.1. The maximum absolute atomic E-state index is 13.0. The molecule has 41 heavy (non-hydrogen) atoms. The first-order valence-corrected chi connectivity index (χ1v) is 20.7. The molecule has 0 spiro atoms. The van der Waals surface area contributed by atoms with Crippen molar-refractivity contribution in [3.05, 3.63) is 35.9 Å². The summed E-state index contributed by atoms with van der Waals surface area (Å²) in [6.45, 7) is 21.0. The van der Waals surface area contributed by atoms with Crippen molar-refractivity contribution in [2.24, 2.45) is 10.3 Å². The zero-order chi connectivity index (χ0) is 30.6. The summed E-state index contributed by atoms with van der Waals surface area (Å²) in [4.78, 5) is 0. The van der Waals surface area contributed by atoms with E-state index in [0.717, 1.165) is 42.6 Å². The number of benzene rings is 1. The third-order valence-corrected chi connectivity index (χ3v) is 9.18. The maximum atomic E-state index is 13.0. The molecule has 0 amide bonds. The molecular weight excluding hydrogens is 553 g/mol. The summed E-state index contributed by atoms with van der Waals surface area (Å²) >= 11 is 0. The molecule has 0 unspecified atom stereocenters. The van der Waals surface area contributed by atoms with Crippen LogP contribution in [0.3, 0.4) is 0 Å². The lowest BCUT2D eigenvalue weighted by Crippen LogP contribution is -2.30. The van der Waals surface area contributed by atoms with Crippen LogP contribution in [0.4, 0.5) is 5.69 Å². The maximum Gasteiger partial charge on any atom is 0.530 e. The molecule has 0 saturated carbocycles. The number of unbranched alkanes of at least 4 members (excludes halogenated alkanes) is 9. The number of rotatable bonds is 25. The van der Waals surface area contributed by atoms with Crippen LogP contribution in [0.5, 0.6) is 0 Å². The fourth-order valence-electron chi connectivity index (χ4n) is 4.35. The van der Waals surface area contributed by atoms with Crippen LogP contribution in [0.1, 0.15) is 103 Å². The van der Waals surface area contributed by atoms with Crippen molar-refractivity contribution >= 4 is 27.6 Å². The highest BCUT2D eigenvalue weighted by molar-refractivity contribution is 7.48. The normalized spacial score (nSPS) is 12.3. The Labute approximate surface area is 252 Å². The van der Waals surface area contributed by atoms with Gasteiger partial charge in [0.05, 0.1) is 32.1 Å². The van der Waals surface area contributed by atoms with Crippen LogP contribution in [0.2, 0.25) is 19.6 Å². The number of hydrogen-bond donors (Lipinski definition) is 0. The molecule has 0 N–H and O–H groups in total. The second kappa shape index (κ2) is 21.2. The first-order chi connectivity index (χ1) is 19.6. The summed E-state index contributed by atoms with van der Waals surface area (Å²) in [5, 5.41) is 10.9. The number of likely N-dealkylation sites (N-methyl/N-ethyl adjacent to an activating group) is 1. The van der Waals surface area contributed by atoms with E-state index in [9.17, 15) is 4.57 Å². The van der Waals surface area contributed by atoms with E-state index in [1.807, 2.05) is 23.2 Å². The summed E-state index contributed by atoms with van der Waals surface area (Å²) in [6, 6.07) is 5.82. The fraction of sp³-hybridized carbons (Fsp3) is 0.742. The molecule has 0 aliphatic carbocycles. The second-order valence-electron chi connectivity index (χ2n) is 11.3. The van der Waals surface area contributed by atoms with Crippen LogP contribution in [0.25, 0.3) is 5.76 Å². The van der Waals surface area contributed by atoms with Gasteiger partial charge in [0.25, 0.3) is 0 Å². The third-order valence-electron chi connectivity index (χ3n) is 6.52. The standard InChI is InChI=1S/C31H58N3O5PSi/c1-9-13-14-15-16-17-18-19-20-21-22-29-27-30(32-33-34(10-2)25-26-38-41(6,7)8)23-24-31(29)28(5)39-40(35,36-11-3)37-12-4/h23-24,27H,5,9-22,25-26H2,1-4,6-8H3. The molecule has 0 radical (unpaired) electrons. The monoisotopic (exact) mass is 611 g/mol. The van der Waals surface area contributed by atoms with Gasteiger partial charge in [-0.15, -0.1) is 5.11 Å². The SMILES string of the molecule is C=C(OP(=O)(OCC)OCC)c1ccc(N=NN(CC)CCO[Si](C)(C)C)cc1CCCCCCCCCCCC. The minimum absolute atomic E-state index is 0.215. The Morgan fingerprint density at radius 3 is 2.02 bits per heavy atom. The molecule has 0 atom stereocenters. The quantitative estimate of drug-likeness (QED) is 0.0273. The van der Waals surface area contributed by atoms with Crippen LogP contribution in [0.15, 0.2) is 35.1 Å². The second-order valence-corrected chi connectivity index (χ2v) is 17.4. The van der Waals surface area contributed by atoms with Crippen LogP contribution in [0, 0.1) is 0 Å². The van der Waals surface area contributed by atoms with Gasteiger partial charge < -0.3 is 8.95 Å². The first-order valence-electron chi connectivity index (χ1n) is 15.8. The van der Waals surface area contributed by atoms with Gasteiger partial charge in [0.15, 0.2) is 8.32 Å². The van der Waals surface area contributed by atoms with E-state index in [0.29, 0.717) is 13.2 Å². The van der Waals surface area contributed by atoms with Crippen molar-refractivity contribution in [1.82, 2.24) is 5.01 Å². The number of phosphoric acid groups is 1. The zero-order valence-corrected chi connectivity index (χ0v) is 29.0. The molecule has 1 rings (SSSR count). The van der Waals surface area contributed by atoms with Gasteiger partial charge in [-0.25, -0.2) is 4.57 Å². The van der Waals surface area contributed by atoms with Crippen molar-refractivity contribution in [2.75, 3.05) is 32.9 Å². The molecular formula is C31H58N3O5PSi. The summed E-state index contributed by atoms with van der Waals surface area (Å²) in [5.74, 6) is 0.277. The average Bonchev–Trinajstić information content (AvgIpc) is 2.91. The van der Waals surface area contributed by atoms with Gasteiger partial charge in [0.2, 0.25) is 0 Å². The lowest BCUT2D eigenvalue weighted by atomic mass is 9.98. The van der Waals surface area contributed by atoms with Gasteiger partial charge >= 0.3 is 7.82 Å². The van der Waals surface area contributed by atoms with Crippen molar-refractivity contribution in [3.8, 4) is 0 Å². The van der Waals surface area contributed by atoms with E-state index in [-0.39, 0.29) is 19.0 Å². The average molecular weight is 612 g/mol. The molecule has 0 aliphatic heterocycles. The Kier molecular flexibility index (Phi) is 19.4. The van der Waals surface area contributed by atoms with E-state index in [2.05, 4.69) is 50.4 Å². The van der Waals surface area contributed by atoms with E-state index in [4.69, 9.17) is 18.0 Å². The molecule has 10 heteroatoms. The van der Waals surface area contributed by atoms with Crippen molar-refractivity contribution in [2.45, 2.75) is 118 Å². The predicted octanol–water partition coefficient (Wildman–Crippen LogP) is 10.5. The highest BCUT2D eigenvalue weighted by Gasteiger charge is 2.28. The van der Waals surface area contributed by atoms with Crippen LogP contribution in [-0.2, 0) is 29.0 Å². The minimum Gasteiger partial charge on any atom is -0.416 e. The molecule has 0 aliphatic rings. The first kappa shape index (κ1) is 37.5. The Morgan fingerprint density at radius 1 is 0.902 bits per heavy atom. The lowest BCUT2D eigenvalue weighted by Gasteiger charge is -2.21. The number of nitrogens with zero attached hydrogens (tertiary/aromatic N) is 3. The van der Waals surface area contributed by atoms with E-state index in [1.54, 1.807) is 13.8 Å². The third kappa shape index (κ3) is 17.3. The number of phosphoric ester groups is 1. The van der Waals surface area contributed by atoms with Gasteiger partial charge in [-0.2, -0.15) is 0 Å². The summed E-state index contributed by atoms with van der Waals surface area (Å²) in [6.07, 6.45) is 13.6. The predicted molar refractivity (Wildman–Crippen MR) is 174 cm³/mol. The molecule has 0 fully saturated rings. The largest absolute Gasteiger partial charge is 0.530 e. The van der Waals surface area contributed by atoms with Crippen molar-refractivity contribution in [1.29, 1.82) is 0 Å².